The number of morpholine rings is 1. The Morgan fingerprint density at radius 3 is 2.86 bits per heavy atom. The van der Waals surface area contributed by atoms with E-state index in [0.29, 0.717) is 12.5 Å². The van der Waals surface area contributed by atoms with Crippen molar-refractivity contribution in [3.63, 3.8) is 0 Å². The molecule has 0 bridgehead atoms. The molecule has 1 aliphatic rings. The number of hydrogen-bond acceptors (Lipinski definition) is 5. The Balaban J connectivity index is 1.91. The van der Waals surface area contributed by atoms with Crippen molar-refractivity contribution in [1.82, 2.24) is 10.3 Å². The normalized spacial score (nSPS) is 22.8. The molecule has 2 heterocycles. The molecule has 0 radical (unpaired) electrons. The summed E-state index contributed by atoms with van der Waals surface area (Å²) in [5, 5.41) is 12.7. The maximum atomic E-state index is 9.28. The molecule has 2 rings (SSSR count). The molecule has 2 unspecified atom stereocenters. The van der Waals surface area contributed by atoms with Crippen molar-refractivity contribution in [3.8, 4) is 0 Å². The molecular formula is C16H27N3O2. The van der Waals surface area contributed by atoms with Crippen molar-refractivity contribution in [2.24, 2.45) is 5.92 Å². The summed E-state index contributed by atoms with van der Waals surface area (Å²) in [5.41, 5.74) is 1.19. The van der Waals surface area contributed by atoms with Gasteiger partial charge in [-0.25, -0.2) is 4.98 Å². The molecule has 1 aromatic rings. The summed E-state index contributed by atoms with van der Waals surface area (Å²) < 4.78 is 5.66. The Hall–Kier alpha value is -1.17. The summed E-state index contributed by atoms with van der Waals surface area (Å²) >= 11 is 0. The van der Waals surface area contributed by atoms with E-state index < -0.39 is 0 Å². The van der Waals surface area contributed by atoms with Crippen LogP contribution < -0.4 is 10.2 Å². The van der Waals surface area contributed by atoms with Gasteiger partial charge in [0, 0.05) is 25.8 Å². The fraction of sp³-hybridized carbons (Fsp3) is 0.688. The maximum absolute atomic E-state index is 9.28. The Bertz CT molecular complexity index is 422. The van der Waals surface area contributed by atoms with E-state index in [4.69, 9.17) is 4.74 Å². The maximum Gasteiger partial charge on any atom is 0.128 e. The number of aliphatic hydroxyl groups is 1. The number of anilines is 1. The van der Waals surface area contributed by atoms with Gasteiger partial charge in [0.25, 0.3) is 0 Å². The van der Waals surface area contributed by atoms with E-state index >= 15 is 0 Å². The predicted octanol–water partition coefficient (Wildman–Crippen LogP) is 1.41. The lowest BCUT2D eigenvalue weighted by Crippen LogP contribution is -2.48. The third-order valence-electron chi connectivity index (χ3n) is 3.54. The number of hydrogen-bond donors (Lipinski definition) is 2. The summed E-state index contributed by atoms with van der Waals surface area (Å²) in [7, 11) is 0. The van der Waals surface area contributed by atoms with E-state index in [-0.39, 0.29) is 18.8 Å². The molecule has 2 N–H and O–H groups in total. The summed E-state index contributed by atoms with van der Waals surface area (Å²) in [5.74, 6) is 1.61. The molecule has 1 saturated heterocycles. The number of rotatable bonds is 6. The number of aliphatic hydroxyl groups excluding tert-OH is 1. The van der Waals surface area contributed by atoms with E-state index in [9.17, 15) is 5.11 Å². The third kappa shape index (κ3) is 4.95. The zero-order chi connectivity index (χ0) is 15.2. The molecule has 21 heavy (non-hydrogen) atoms. The first-order valence-electron chi connectivity index (χ1n) is 7.75. The fourth-order valence-electron chi connectivity index (χ4n) is 2.55. The number of aromatic nitrogens is 1. The average molecular weight is 293 g/mol. The van der Waals surface area contributed by atoms with Gasteiger partial charge < -0.3 is 20.1 Å². The van der Waals surface area contributed by atoms with Crippen molar-refractivity contribution in [2.75, 3.05) is 31.1 Å². The van der Waals surface area contributed by atoms with Crippen LogP contribution in [0.2, 0.25) is 0 Å². The quantitative estimate of drug-likeness (QED) is 0.830. The summed E-state index contributed by atoms with van der Waals surface area (Å²) in [4.78, 5) is 6.73. The minimum atomic E-state index is -0.122. The van der Waals surface area contributed by atoms with Crippen LogP contribution in [0, 0.1) is 5.92 Å². The van der Waals surface area contributed by atoms with Crippen LogP contribution in [0.3, 0.4) is 0 Å². The largest absolute Gasteiger partial charge is 0.394 e. The molecule has 2 atom stereocenters. The van der Waals surface area contributed by atoms with E-state index in [0.717, 1.165) is 25.5 Å². The van der Waals surface area contributed by atoms with Crippen LogP contribution in [-0.4, -0.2) is 48.5 Å². The lowest BCUT2D eigenvalue weighted by molar-refractivity contribution is -0.0423. The van der Waals surface area contributed by atoms with Crippen LogP contribution >= 0.6 is 0 Å². The minimum absolute atomic E-state index is 0.0536. The lowest BCUT2D eigenvalue weighted by Gasteiger charge is -2.36. The second kappa shape index (κ2) is 7.73. The first-order valence-corrected chi connectivity index (χ1v) is 7.75. The highest BCUT2D eigenvalue weighted by atomic mass is 16.5. The van der Waals surface area contributed by atoms with Gasteiger partial charge >= 0.3 is 0 Å². The van der Waals surface area contributed by atoms with Crippen molar-refractivity contribution in [2.45, 2.75) is 39.5 Å². The van der Waals surface area contributed by atoms with Crippen LogP contribution in [0.5, 0.6) is 0 Å². The number of nitrogens with one attached hydrogen (secondary N) is 1. The van der Waals surface area contributed by atoms with Crippen LogP contribution in [0.15, 0.2) is 18.3 Å². The first kappa shape index (κ1) is 16.2. The van der Waals surface area contributed by atoms with E-state index in [2.05, 4.69) is 41.2 Å². The predicted molar refractivity (Wildman–Crippen MR) is 84.4 cm³/mol. The average Bonchev–Trinajstić information content (AvgIpc) is 2.47. The fourth-order valence-corrected chi connectivity index (χ4v) is 2.55. The highest BCUT2D eigenvalue weighted by molar-refractivity contribution is 5.40. The van der Waals surface area contributed by atoms with Crippen LogP contribution in [-0.2, 0) is 11.3 Å². The van der Waals surface area contributed by atoms with Gasteiger partial charge in [0.1, 0.15) is 5.82 Å². The van der Waals surface area contributed by atoms with Gasteiger partial charge in [0.15, 0.2) is 0 Å². The number of pyridine rings is 1. The van der Waals surface area contributed by atoms with Crippen molar-refractivity contribution < 1.29 is 9.84 Å². The zero-order valence-corrected chi connectivity index (χ0v) is 13.2. The Morgan fingerprint density at radius 2 is 2.24 bits per heavy atom. The molecule has 1 aromatic heterocycles. The second-order valence-corrected chi connectivity index (χ2v) is 6.21. The minimum Gasteiger partial charge on any atom is -0.394 e. The first-order chi connectivity index (χ1) is 10.1. The summed E-state index contributed by atoms with van der Waals surface area (Å²) in [6.07, 6.45) is 1.92. The molecule has 0 spiro atoms. The topological polar surface area (TPSA) is 57.6 Å². The van der Waals surface area contributed by atoms with Crippen molar-refractivity contribution >= 4 is 5.82 Å². The van der Waals surface area contributed by atoms with Crippen molar-refractivity contribution in [3.05, 3.63) is 23.9 Å². The molecular weight excluding hydrogens is 266 g/mol. The zero-order valence-electron chi connectivity index (χ0n) is 13.2. The van der Waals surface area contributed by atoms with Gasteiger partial charge in [-0.3, -0.25) is 0 Å². The Morgan fingerprint density at radius 1 is 1.43 bits per heavy atom. The van der Waals surface area contributed by atoms with E-state index in [1.807, 2.05) is 13.1 Å². The number of nitrogens with zero attached hydrogens (tertiary/aromatic N) is 2. The standard InChI is InChI=1S/C16H27N3O2/c1-12(2)6-17-7-14-4-5-16(18-8-14)19-9-13(3)21-15(10-19)11-20/h4-5,8,12-13,15,17,20H,6-7,9-11H2,1-3H3. The van der Waals surface area contributed by atoms with Gasteiger partial charge in [-0.05, 0) is 31.0 Å². The van der Waals surface area contributed by atoms with E-state index in [1.165, 1.54) is 5.56 Å². The second-order valence-electron chi connectivity index (χ2n) is 6.21. The van der Waals surface area contributed by atoms with Crippen LogP contribution in [0.25, 0.3) is 0 Å². The van der Waals surface area contributed by atoms with E-state index in [1.54, 1.807) is 0 Å². The molecule has 5 heteroatoms. The molecule has 1 aliphatic heterocycles. The number of ether oxygens (including phenoxy) is 1. The van der Waals surface area contributed by atoms with Gasteiger partial charge in [-0.2, -0.15) is 0 Å². The molecule has 0 saturated carbocycles. The van der Waals surface area contributed by atoms with Crippen LogP contribution in [0.1, 0.15) is 26.3 Å². The lowest BCUT2D eigenvalue weighted by atomic mass is 10.2. The monoisotopic (exact) mass is 293 g/mol. The highest BCUT2D eigenvalue weighted by Gasteiger charge is 2.25. The molecule has 0 amide bonds. The third-order valence-corrected chi connectivity index (χ3v) is 3.54. The van der Waals surface area contributed by atoms with Crippen LogP contribution in [0.4, 0.5) is 5.82 Å². The molecule has 5 nitrogen and oxygen atoms in total. The Kier molecular flexibility index (Phi) is 5.96. The SMILES string of the molecule is CC(C)CNCc1ccc(N2CC(C)OC(CO)C2)nc1. The van der Waals surface area contributed by atoms with Gasteiger partial charge in [0.05, 0.1) is 18.8 Å². The smallest absolute Gasteiger partial charge is 0.128 e. The summed E-state index contributed by atoms with van der Waals surface area (Å²) in [6, 6.07) is 4.17. The summed E-state index contributed by atoms with van der Waals surface area (Å²) in [6.45, 7) is 9.85. The van der Waals surface area contributed by atoms with Gasteiger partial charge in [-0.1, -0.05) is 19.9 Å². The highest BCUT2D eigenvalue weighted by Crippen LogP contribution is 2.18. The molecule has 1 fully saturated rings. The molecule has 118 valence electrons. The van der Waals surface area contributed by atoms with Gasteiger partial charge in [-0.15, -0.1) is 0 Å². The Labute approximate surface area is 127 Å². The van der Waals surface area contributed by atoms with Crippen molar-refractivity contribution in [1.29, 1.82) is 0 Å². The molecule has 0 aliphatic carbocycles. The molecule has 0 aromatic carbocycles. The van der Waals surface area contributed by atoms with Gasteiger partial charge in [0.2, 0.25) is 0 Å².